The predicted molar refractivity (Wildman–Crippen MR) is 79.0 cm³/mol. The molecule has 0 atom stereocenters. The van der Waals surface area contributed by atoms with Gasteiger partial charge in [0.2, 0.25) is 5.91 Å². The van der Waals surface area contributed by atoms with Crippen molar-refractivity contribution in [1.29, 1.82) is 0 Å². The number of halogens is 1. The summed E-state index contributed by atoms with van der Waals surface area (Å²) in [5.41, 5.74) is 0.769. The van der Waals surface area contributed by atoms with Crippen molar-refractivity contribution >= 4 is 43.8 Å². The van der Waals surface area contributed by atoms with E-state index in [1.807, 2.05) is 0 Å². The van der Waals surface area contributed by atoms with Crippen LogP contribution in [0.4, 0.5) is 5.13 Å². The normalized spacial score (nSPS) is 11.3. The number of aryl methyl sites for hydroxylation is 1. The molecule has 0 fully saturated rings. The van der Waals surface area contributed by atoms with Crippen LogP contribution >= 0.6 is 22.9 Å². The summed E-state index contributed by atoms with van der Waals surface area (Å²) in [7, 11) is -3.68. The van der Waals surface area contributed by atoms with Crippen LogP contribution in [0.25, 0.3) is 0 Å². The van der Waals surface area contributed by atoms with E-state index in [0.717, 1.165) is 5.69 Å². The number of aromatic nitrogens is 1. The summed E-state index contributed by atoms with van der Waals surface area (Å²) in [6.45, 7) is 1.79. The Bertz CT molecular complexity index is 723. The van der Waals surface area contributed by atoms with Gasteiger partial charge in [-0.3, -0.25) is 4.79 Å². The van der Waals surface area contributed by atoms with Crippen molar-refractivity contribution < 1.29 is 13.2 Å². The molecular formula is C12H11ClN2O3S2. The Morgan fingerprint density at radius 2 is 2.00 bits per heavy atom. The highest BCUT2D eigenvalue weighted by molar-refractivity contribution is 7.92. The Hall–Kier alpha value is -1.44. The van der Waals surface area contributed by atoms with Gasteiger partial charge in [-0.2, -0.15) is 0 Å². The molecule has 0 unspecified atom stereocenters. The minimum absolute atomic E-state index is 0.0624. The second kappa shape index (κ2) is 5.90. The predicted octanol–water partition coefficient (Wildman–Crippen LogP) is 2.52. The SMILES string of the molecule is Cc1csc(NC(=O)CS(=O)(=O)c2ccc(Cl)cc2)n1. The summed E-state index contributed by atoms with van der Waals surface area (Å²) in [6.07, 6.45) is 0. The van der Waals surface area contributed by atoms with Gasteiger partial charge in [0.25, 0.3) is 0 Å². The van der Waals surface area contributed by atoms with Crippen molar-refractivity contribution in [1.82, 2.24) is 4.98 Å². The van der Waals surface area contributed by atoms with E-state index in [0.29, 0.717) is 10.2 Å². The fourth-order valence-corrected chi connectivity index (χ4v) is 3.43. The summed E-state index contributed by atoms with van der Waals surface area (Å²) in [5, 5.41) is 5.05. The number of nitrogens with zero attached hydrogens (tertiary/aromatic N) is 1. The lowest BCUT2D eigenvalue weighted by molar-refractivity contribution is -0.113. The molecule has 1 amide bonds. The van der Waals surface area contributed by atoms with Gasteiger partial charge in [0.05, 0.1) is 10.6 Å². The van der Waals surface area contributed by atoms with E-state index < -0.39 is 21.5 Å². The molecule has 106 valence electrons. The van der Waals surface area contributed by atoms with Crippen LogP contribution in [-0.2, 0) is 14.6 Å². The first-order valence-electron chi connectivity index (χ1n) is 5.57. The zero-order valence-electron chi connectivity index (χ0n) is 10.5. The number of nitrogens with one attached hydrogen (secondary N) is 1. The minimum atomic E-state index is -3.68. The largest absolute Gasteiger partial charge is 0.301 e. The Morgan fingerprint density at radius 1 is 1.35 bits per heavy atom. The van der Waals surface area contributed by atoms with E-state index in [2.05, 4.69) is 10.3 Å². The van der Waals surface area contributed by atoms with Gasteiger partial charge in [-0.25, -0.2) is 13.4 Å². The maximum atomic E-state index is 12.0. The van der Waals surface area contributed by atoms with E-state index >= 15 is 0 Å². The van der Waals surface area contributed by atoms with Crippen LogP contribution in [-0.4, -0.2) is 25.1 Å². The highest BCUT2D eigenvalue weighted by atomic mass is 35.5. The Kier molecular flexibility index (Phi) is 4.42. The maximum Gasteiger partial charge on any atom is 0.241 e. The lowest BCUT2D eigenvalue weighted by atomic mass is 10.4. The second-order valence-corrected chi connectivity index (χ2v) is 7.34. The molecule has 8 heteroatoms. The molecule has 0 bridgehead atoms. The average Bonchev–Trinajstić information content (AvgIpc) is 2.74. The lowest BCUT2D eigenvalue weighted by Crippen LogP contribution is -2.22. The fourth-order valence-electron chi connectivity index (χ4n) is 1.46. The van der Waals surface area contributed by atoms with Crippen molar-refractivity contribution in [2.24, 2.45) is 0 Å². The smallest absolute Gasteiger partial charge is 0.241 e. The number of amides is 1. The number of hydrogen-bond acceptors (Lipinski definition) is 5. The Balaban J connectivity index is 2.08. The first-order chi connectivity index (χ1) is 9.37. The van der Waals surface area contributed by atoms with Crippen molar-refractivity contribution in [3.8, 4) is 0 Å². The monoisotopic (exact) mass is 330 g/mol. The van der Waals surface area contributed by atoms with Gasteiger partial charge in [-0.1, -0.05) is 11.6 Å². The molecule has 5 nitrogen and oxygen atoms in total. The number of benzene rings is 1. The quantitative estimate of drug-likeness (QED) is 0.934. The number of thiazole rings is 1. The molecular weight excluding hydrogens is 320 g/mol. The van der Waals surface area contributed by atoms with Crippen molar-refractivity contribution in [3.05, 3.63) is 40.4 Å². The summed E-state index contributed by atoms with van der Waals surface area (Å²) in [6, 6.07) is 5.68. The number of carbonyl (C=O) groups is 1. The third-order valence-electron chi connectivity index (χ3n) is 2.36. The van der Waals surface area contributed by atoms with E-state index in [-0.39, 0.29) is 4.90 Å². The molecule has 0 saturated carbocycles. The average molecular weight is 331 g/mol. The lowest BCUT2D eigenvalue weighted by Gasteiger charge is -2.04. The molecule has 1 heterocycles. The number of carbonyl (C=O) groups excluding carboxylic acids is 1. The van der Waals surface area contributed by atoms with Crippen molar-refractivity contribution in [3.63, 3.8) is 0 Å². The second-order valence-electron chi connectivity index (χ2n) is 4.06. The summed E-state index contributed by atoms with van der Waals surface area (Å²) < 4.78 is 24.1. The van der Waals surface area contributed by atoms with Crippen LogP contribution in [0.15, 0.2) is 34.5 Å². The Labute approximate surface area is 125 Å². The number of rotatable bonds is 4. The van der Waals surface area contributed by atoms with Crippen LogP contribution in [0.2, 0.25) is 5.02 Å². The summed E-state index contributed by atoms with van der Waals surface area (Å²) in [4.78, 5) is 15.8. The zero-order chi connectivity index (χ0) is 14.8. The molecule has 2 aromatic rings. The standard InChI is InChI=1S/C12H11ClN2O3S2/c1-8-6-19-12(14-8)15-11(16)7-20(17,18)10-4-2-9(13)3-5-10/h2-6H,7H2,1H3,(H,14,15,16). The fraction of sp³-hybridized carbons (Fsp3) is 0.167. The van der Waals surface area contributed by atoms with Crippen molar-refractivity contribution in [2.45, 2.75) is 11.8 Å². The molecule has 2 rings (SSSR count). The Morgan fingerprint density at radius 3 is 2.55 bits per heavy atom. The third-order valence-corrected chi connectivity index (χ3v) is 5.12. The molecule has 0 saturated heterocycles. The summed E-state index contributed by atoms with van der Waals surface area (Å²) >= 11 is 6.94. The first-order valence-corrected chi connectivity index (χ1v) is 8.48. The van der Waals surface area contributed by atoms with Gasteiger partial charge in [0, 0.05) is 10.4 Å². The van der Waals surface area contributed by atoms with E-state index in [4.69, 9.17) is 11.6 Å². The molecule has 0 spiro atoms. The maximum absolute atomic E-state index is 12.0. The molecule has 0 aliphatic rings. The molecule has 0 aliphatic carbocycles. The van der Waals surface area contributed by atoms with Crippen molar-refractivity contribution in [2.75, 3.05) is 11.1 Å². The molecule has 1 aromatic heterocycles. The number of sulfone groups is 1. The minimum Gasteiger partial charge on any atom is -0.301 e. The van der Waals surface area contributed by atoms with Gasteiger partial charge >= 0.3 is 0 Å². The molecule has 1 N–H and O–H groups in total. The van der Waals surface area contributed by atoms with Crippen LogP contribution in [0, 0.1) is 6.92 Å². The molecule has 1 aromatic carbocycles. The topological polar surface area (TPSA) is 76.1 Å². The third kappa shape index (κ3) is 3.78. The summed E-state index contributed by atoms with van der Waals surface area (Å²) in [5.74, 6) is -1.25. The van der Waals surface area contributed by atoms with Gasteiger partial charge < -0.3 is 5.32 Å². The van der Waals surface area contributed by atoms with E-state index in [1.54, 1.807) is 12.3 Å². The van der Waals surface area contributed by atoms with Crippen LogP contribution in [0.5, 0.6) is 0 Å². The molecule has 0 aliphatic heterocycles. The van der Waals surface area contributed by atoms with Gasteiger partial charge in [-0.05, 0) is 31.2 Å². The number of anilines is 1. The molecule has 20 heavy (non-hydrogen) atoms. The highest BCUT2D eigenvalue weighted by Crippen LogP contribution is 2.17. The molecule has 0 radical (unpaired) electrons. The van der Waals surface area contributed by atoms with Crippen LogP contribution in [0.3, 0.4) is 0 Å². The van der Waals surface area contributed by atoms with Crippen LogP contribution in [0.1, 0.15) is 5.69 Å². The van der Waals surface area contributed by atoms with Crippen LogP contribution < -0.4 is 5.32 Å². The highest BCUT2D eigenvalue weighted by Gasteiger charge is 2.19. The van der Waals surface area contributed by atoms with Gasteiger partial charge in [0.1, 0.15) is 5.75 Å². The van der Waals surface area contributed by atoms with Gasteiger partial charge in [0.15, 0.2) is 15.0 Å². The zero-order valence-corrected chi connectivity index (χ0v) is 12.8. The van der Waals surface area contributed by atoms with E-state index in [1.165, 1.54) is 35.6 Å². The van der Waals surface area contributed by atoms with Gasteiger partial charge in [-0.15, -0.1) is 11.3 Å². The first kappa shape index (κ1) is 15.0. The number of hydrogen-bond donors (Lipinski definition) is 1. The van der Waals surface area contributed by atoms with E-state index in [9.17, 15) is 13.2 Å².